The minimum atomic E-state index is -0.676. The van der Waals surface area contributed by atoms with E-state index in [4.69, 9.17) is 34.5 Å². The van der Waals surface area contributed by atoms with Crippen molar-refractivity contribution in [2.75, 3.05) is 44.0 Å². The maximum Gasteiger partial charge on any atom is 0.284 e. The molecule has 4 aromatic rings. The lowest BCUT2D eigenvalue weighted by atomic mass is 9.95. The fourth-order valence-corrected chi connectivity index (χ4v) is 6.01. The molecule has 0 aliphatic rings. The number of aryl methyl sites for hydroxylation is 2. The van der Waals surface area contributed by atoms with Crippen LogP contribution in [0.1, 0.15) is 46.4 Å². The molecule has 1 heterocycles. The number of aromatic nitrogens is 2. The van der Waals surface area contributed by atoms with E-state index in [1.165, 1.54) is 11.1 Å². The highest BCUT2D eigenvalue weighted by molar-refractivity contribution is 8.14. The van der Waals surface area contributed by atoms with E-state index in [2.05, 4.69) is 81.0 Å². The smallest absolute Gasteiger partial charge is 0.284 e. The quantitative estimate of drug-likeness (QED) is 0.0461. The summed E-state index contributed by atoms with van der Waals surface area (Å²) < 4.78 is 0. The first kappa shape index (κ1) is 36.4. The molecule has 1 atom stereocenters. The first-order valence-electron chi connectivity index (χ1n) is 15.7. The molecule has 3 aromatic carbocycles. The van der Waals surface area contributed by atoms with Gasteiger partial charge in [-0.05, 0) is 111 Å². The molecule has 14 heteroatoms. The number of benzene rings is 3. The summed E-state index contributed by atoms with van der Waals surface area (Å²) in [5, 5.41) is 6.94. The van der Waals surface area contributed by atoms with Crippen molar-refractivity contribution < 1.29 is 9.59 Å². The van der Waals surface area contributed by atoms with Crippen LogP contribution in [-0.4, -0.2) is 64.5 Å². The number of carbonyl (C=O) groups is 2. The molecule has 10 N–H and O–H groups in total. The van der Waals surface area contributed by atoms with Crippen molar-refractivity contribution in [3.8, 4) is 0 Å². The highest BCUT2D eigenvalue weighted by atomic mass is 35.5. The highest BCUT2D eigenvalue weighted by Gasteiger charge is 2.17. The van der Waals surface area contributed by atoms with Crippen molar-refractivity contribution in [1.82, 2.24) is 20.2 Å². The second-order valence-corrected chi connectivity index (χ2v) is 13.2. The number of halogens is 1. The molecule has 12 nitrogen and oxygen atoms in total. The molecule has 1 aromatic heterocycles. The monoisotopic (exact) mass is 690 g/mol. The molecule has 0 unspecified atom stereocenters. The minimum Gasteiger partial charge on any atom is -0.382 e. The van der Waals surface area contributed by atoms with Gasteiger partial charge in [0.25, 0.3) is 11.1 Å². The van der Waals surface area contributed by atoms with Crippen LogP contribution in [0.3, 0.4) is 0 Å². The fourth-order valence-electron chi connectivity index (χ4n) is 5.17. The second kappa shape index (κ2) is 17.6. The van der Waals surface area contributed by atoms with Gasteiger partial charge in [0.1, 0.15) is 0 Å². The lowest BCUT2D eigenvalue weighted by Gasteiger charge is -2.15. The number of carbonyl (C=O) groups excluding carboxylic acids is 2. The predicted molar refractivity (Wildman–Crippen MR) is 198 cm³/mol. The Kier molecular flexibility index (Phi) is 13.4. The maximum absolute atomic E-state index is 12.7. The number of amides is 2. The Labute approximate surface area is 290 Å². The largest absolute Gasteiger partial charge is 0.382 e. The summed E-state index contributed by atoms with van der Waals surface area (Å²) in [6.07, 6.45) is 5.06. The van der Waals surface area contributed by atoms with Gasteiger partial charge in [-0.25, -0.2) is 9.97 Å². The van der Waals surface area contributed by atoms with Crippen molar-refractivity contribution in [3.05, 3.63) is 88.2 Å². The summed E-state index contributed by atoms with van der Waals surface area (Å²) in [4.78, 5) is 39.2. The van der Waals surface area contributed by atoms with Crippen LogP contribution in [0, 0.1) is 0 Å². The molecule has 0 saturated carbocycles. The van der Waals surface area contributed by atoms with E-state index in [9.17, 15) is 9.59 Å². The highest BCUT2D eigenvalue weighted by Crippen LogP contribution is 2.27. The van der Waals surface area contributed by atoms with Crippen molar-refractivity contribution in [2.24, 2.45) is 16.5 Å². The van der Waals surface area contributed by atoms with Crippen LogP contribution in [-0.2, 0) is 19.3 Å². The van der Waals surface area contributed by atoms with Gasteiger partial charge in [-0.3, -0.25) is 19.9 Å². The molecule has 0 bridgehead atoms. The fraction of sp³-hybridized carbons (Fsp3) is 0.324. The predicted octanol–water partition coefficient (Wildman–Crippen LogP) is 4.80. The van der Waals surface area contributed by atoms with Crippen molar-refractivity contribution in [2.45, 2.75) is 43.9 Å². The summed E-state index contributed by atoms with van der Waals surface area (Å²) in [5.74, 6) is -0.961. The van der Waals surface area contributed by atoms with Gasteiger partial charge >= 0.3 is 0 Å². The molecular formula is C34H43ClN10O2S. The summed E-state index contributed by atoms with van der Waals surface area (Å²) in [6, 6.07) is 20.4. The van der Waals surface area contributed by atoms with Crippen molar-refractivity contribution in [1.29, 1.82) is 0 Å². The number of hydrogen-bond acceptors (Lipinski definition) is 10. The third-order valence-electron chi connectivity index (χ3n) is 7.55. The summed E-state index contributed by atoms with van der Waals surface area (Å²) in [5.41, 5.74) is 27.7. The van der Waals surface area contributed by atoms with E-state index >= 15 is 0 Å². The molecule has 0 saturated heterocycles. The number of fused-ring (bicyclic) bond motifs is 1. The average Bonchev–Trinajstić information content (AvgIpc) is 3.04. The number of nitrogens with one attached hydrogen (secondary N) is 2. The summed E-state index contributed by atoms with van der Waals surface area (Å²) in [6.45, 7) is 1.46. The van der Waals surface area contributed by atoms with Gasteiger partial charge < -0.3 is 33.2 Å². The van der Waals surface area contributed by atoms with Gasteiger partial charge in [-0.15, -0.1) is 0 Å². The number of aliphatic imine (C=N–C) groups is 1. The van der Waals surface area contributed by atoms with Gasteiger partial charge in [0, 0.05) is 12.2 Å². The van der Waals surface area contributed by atoms with Gasteiger partial charge in [0.05, 0.1) is 5.37 Å². The van der Waals surface area contributed by atoms with Gasteiger partial charge in [0.15, 0.2) is 28.4 Å². The first-order chi connectivity index (χ1) is 23.0. The lowest BCUT2D eigenvalue weighted by molar-refractivity contribution is 0.0972. The van der Waals surface area contributed by atoms with Crippen LogP contribution in [0.2, 0.25) is 5.15 Å². The number of hydrogen-bond donors (Lipinski definition) is 6. The average molecular weight is 691 g/mol. The lowest BCUT2D eigenvalue weighted by Crippen LogP contribution is -2.38. The molecule has 0 spiro atoms. The molecule has 0 aliphatic heterocycles. The van der Waals surface area contributed by atoms with Crippen LogP contribution in [0.5, 0.6) is 0 Å². The number of guanidine groups is 1. The number of nitrogens with zero attached hydrogens (tertiary/aromatic N) is 4. The van der Waals surface area contributed by atoms with Gasteiger partial charge in [-0.2, -0.15) is 0 Å². The standard InChI is InChI=1S/C34H43ClN10O2S/c1-45(2)19-7-8-21-12-16-24(17-13-21)41-34(47)48-27(36)20-23-15-14-22(25-10-3-4-11-26(23)25)9-5-6-18-40-33(39)44-32(46)28-30(37)43-31(38)29(35)42-28/h3-4,10-17,27H,5-9,18-20,36H2,1-2H3,(H,41,47)(H4,37,38,43)(H3,39,40,44,46)/t27-/m1/s1. The van der Waals surface area contributed by atoms with E-state index in [0.29, 0.717) is 13.0 Å². The van der Waals surface area contributed by atoms with Gasteiger partial charge in [0.2, 0.25) is 0 Å². The maximum atomic E-state index is 12.7. The zero-order valence-electron chi connectivity index (χ0n) is 27.2. The number of unbranched alkanes of at least 4 members (excludes halogenated alkanes) is 1. The minimum absolute atomic E-state index is 0.0593. The number of nitrogens with two attached hydrogens (primary N) is 4. The SMILES string of the molecule is CN(C)CCCc1ccc(NC(=O)S[C@@H](N)Cc2ccc(CCCCN=C(N)NC(=O)c3nc(Cl)c(N)nc3N)c3ccccc23)cc1. The van der Waals surface area contributed by atoms with Crippen molar-refractivity contribution >= 4 is 68.6 Å². The van der Waals surface area contributed by atoms with Crippen LogP contribution in [0.15, 0.2) is 65.7 Å². The van der Waals surface area contributed by atoms with E-state index in [-0.39, 0.29) is 33.7 Å². The molecule has 254 valence electrons. The molecular weight excluding hydrogens is 648 g/mol. The summed E-state index contributed by atoms with van der Waals surface area (Å²) >= 11 is 6.95. The molecule has 0 radical (unpaired) electrons. The molecule has 4 rings (SSSR count). The Hall–Kier alpha value is -4.43. The first-order valence-corrected chi connectivity index (χ1v) is 16.9. The van der Waals surface area contributed by atoms with E-state index < -0.39 is 11.3 Å². The zero-order valence-corrected chi connectivity index (χ0v) is 28.8. The normalized spacial score (nSPS) is 12.3. The Morgan fingerprint density at radius 3 is 2.31 bits per heavy atom. The van der Waals surface area contributed by atoms with E-state index in [1.807, 2.05) is 24.3 Å². The van der Waals surface area contributed by atoms with E-state index in [1.54, 1.807) is 0 Å². The molecule has 0 aliphatic carbocycles. The Morgan fingerprint density at radius 2 is 1.60 bits per heavy atom. The molecule has 2 amide bonds. The Morgan fingerprint density at radius 1 is 0.917 bits per heavy atom. The van der Waals surface area contributed by atoms with Crippen LogP contribution >= 0.6 is 23.4 Å². The number of rotatable bonds is 14. The van der Waals surface area contributed by atoms with Crippen LogP contribution in [0.4, 0.5) is 22.1 Å². The second-order valence-electron chi connectivity index (χ2n) is 11.6. The Balaban J connectivity index is 1.25. The van der Waals surface area contributed by atoms with Gasteiger partial charge in [-0.1, -0.05) is 60.1 Å². The Bertz CT molecular complexity index is 1750. The zero-order chi connectivity index (χ0) is 34.6. The molecule has 48 heavy (non-hydrogen) atoms. The van der Waals surface area contributed by atoms with E-state index in [0.717, 1.165) is 72.4 Å². The topological polar surface area (TPSA) is 204 Å². The third kappa shape index (κ3) is 10.8. The number of anilines is 3. The summed E-state index contributed by atoms with van der Waals surface area (Å²) in [7, 11) is 4.14. The third-order valence-corrected chi connectivity index (χ3v) is 8.62. The van der Waals surface area contributed by atoms with Crippen LogP contribution < -0.4 is 33.6 Å². The molecule has 0 fully saturated rings. The number of nitrogen functional groups attached to an aromatic ring is 2. The van der Waals surface area contributed by atoms with Crippen molar-refractivity contribution in [3.63, 3.8) is 0 Å². The number of thioether (sulfide) groups is 1. The van der Waals surface area contributed by atoms with Crippen LogP contribution in [0.25, 0.3) is 10.8 Å².